The Hall–Kier alpha value is -4.27. The molecule has 0 spiro atoms. The van der Waals surface area contributed by atoms with Gasteiger partial charge in [0, 0.05) is 48.6 Å². The van der Waals surface area contributed by atoms with E-state index in [9.17, 15) is 9.50 Å². The quantitative estimate of drug-likeness (QED) is 0.314. The molecule has 0 bridgehead atoms. The molecule has 2 N–H and O–H groups in total. The van der Waals surface area contributed by atoms with Gasteiger partial charge in [0.1, 0.15) is 47.5 Å². The molecule has 4 aliphatic rings. The van der Waals surface area contributed by atoms with E-state index in [2.05, 4.69) is 32.9 Å². The number of fused-ring (bicyclic) bond motifs is 4. The Morgan fingerprint density at radius 3 is 2.96 bits per heavy atom. The van der Waals surface area contributed by atoms with Crippen molar-refractivity contribution in [3.8, 4) is 41.2 Å². The molecule has 8 rings (SSSR count). The summed E-state index contributed by atoms with van der Waals surface area (Å²) in [5, 5.41) is 15.8. The number of aromatic nitrogens is 3. The monoisotopic (exact) mass is 612 g/mol. The number of aromatic hydroxyl groups is 1. The summed E-state index contributed by atoms with van der Waals surface area (Å²) in [5.41, 5.74) is 0.416. The Labute approximate surface area is 259 Å². The molecule has 0 aliphatic carbocycles. The molecular formula is C34H34F2N6O3. The molecule has 0 radical (unpaired) electrons. The number of terminal acetylenes is 1. The zero-order chi connectivity index (χ0) is 30.9. The van der Waals surface area contributed by atoms with Gasteiger partial charge in [-0.3, -0.25) is 4.90 Å². The summed E-state index contributed by atoms with van der Waals surface area (Å²) in [6, 6.07) is 8.57. The number of nitrogens with zero attached hydrogens (tertiary/aromatic N) is 5. The maximum Gasteiger partial charge on any atom is 0.319 e. The molecule has 232 valence electrons. The number of hydrogen-bond donors (Lipinski definition) is 2. The minimum Gasteiger partial charge on any atom is -0.508 e. The molecule has 4 atom stereocenters. The van der Waals surface area contributed by atoms with Crippen molar-refractivity contribution in [1.29, 1.82) is 0 Å². The summed E-state index contributed by atoms with van der Waals surface area (Å²) in [6.07, 6.45) is 8.05. The first-order valence-corrected chi connectivity index (χ1v) is 15.7. The van der Waals surface area contributed by atoms with Crippen LogP contribution in [0.4, 0.5) is 14.6 Å². The number of benzene rings is 2. The molecular weight excluding hydrogens is 578 g/mol. The van der Waals surface area contributed by atoms with Crippen LogP contribution in [0.3, 0.4) is 0 Å². The van der Waals surface area contributed by atoms with Crippen molar-refractivity contribution in [2.45, 2.75) is 56.4 Å². The highest BCUT2D eigenvalue weighted by Crippen LogP contribution is 2.44. The van der Waals surface area contributed by atoms with Crippen molar-refractivity contribution in [2.24, 2.45) is 0 Å². The SMILES string of the molecule is C#Cc1cccc2cc(O)cc(-c3nc4c5c(nc(OC[C@]67CCCN6C[C@H](F)C7)nc5c3F)N3C[C@@H](CC)NC[C@@H]3CO4)c12. The fraction of sp³-hybridized carbons (Fsp3) is 0.441. The van der Waals surface area contributed by atoms with E-state index in [1.807, 2.05) is 6.07 Å². The average Bonchev–Trinajstić information content (AvgIpc) is 3.52. The summed E-state index contributed by atoms with van der Waals surface area (Å²) in [7, 11) is 0. The Morgan fingerprint density at radius 2 is 2.11 bits per heavy atom. The van der Waals surface area contributed by atoms with Crippen LogP contribution in [-0.4, -0.2) is 88.1 Å². The highest BCUT2D eigenvalue weighted by Gasteiger charge is 2.49. The number of ether oxygens (including phenoxy) is 2. The van der Waals surface area contributed by atoms with Gasteiger partial charge in [-0.2, -0.15) is 9.97 Å². The number of anilines is 1. The van der Waals surface area contributed by atoms with Gasteiger partial charge in [-0.15, -0.1) is 6.42 Å². The average molecular weight is 613 g/mol. The number of halogens is 2. The van der Waals surface area contributed by atoms with Crippen molar-refractivity contribution >= 4 is 27.5 Å². The maximum absolute atomic E-state index is 17.0. The smallest absolute Gasteiger partial charge is 0.319 e. The lowest BCUT2D eigenvalue weighted by Crippen LogP contribution is -2.58. The van der Waals surface area contributed by atoms with Crippen LogP contribution in [-0.2, 0) is 0 Å². The molecule has 6 heterocycles. The zero-order valence-electron chi connectivity index (χ0n) is 25.0. The summed E-state index contributed by atoms with van der Waals surface area (Å²) < 4.78 is 44.1. The number of rotatable bonds is 5. The summed E-state index contributed by atoms with van der Waals surface area (Å²) in [4.78, 5) is 18.5. The number of nitrogens with one attached hydrogen (secondary N) is 1. The highest BCUT2D eigenvalue weighted by molar-refractivity contribution is 6.04. The number of piperazine rings is 1. The fourth-order valence-corrected chi connectivity index (χ4v) is 7.75. The van der Waals surface area contributed by atoms with E-state index in [0.29, 0.717) is 65.8 Å². The second kappa shape index (κ2) is 10.7. The number of alkyl halides is 1. The third-order valence-corrected chi connectivity index (χ3v) is 9.99. The zero-order valence-corrected chi connectivity index (χ0v) is 25.0. The lowest BCUT2D eigenvalue weighted by atomic mass is 9.95. The van der Waals surface area contributed by atoms with E-state index in [1.165, 1.54) is 6.07 Å². The van der Waals surface area contributed by atoms with E-state index >= 15 is 4.39 Å². The van der Waals surface area contributed by atoms with Gasteiger partial charge in [0.25, 0.3) is 0 Å². The molecule has 9 nitrogen and oxygen atoms in total. The van der Waals surface area contributed by atoms with Crippen LogP contribution in [0, 0.1) is 18.2 Å². The molecule has 0 saturated carbocycles. The predicted octanol–water partition coefficient (Wildman–Crippen LogP) is 4.58. The van der Waals surface area contributed by atoms with Gasteiger partial charge in [-0.25, -0.2) is 13.8 Å². The molecule has 4 aliphatic heterocycles. The second-order valence-corrected chi connectivity index (χ2v) is 12.7. The summed E-state index contributed by atoms with van der Waals surface area (Å²) >= 11 is 0. The molecule has 45 heavy (non-hydrogen) atoms. The highest BCUT2D eigenvalue weighted by atomic mass is 19.1. The van der Waals surface area contributed by atoms with Crippen molar-refractivity contribution in [3.63, 3.8) is 0 Å². The molecule has 4 aromatic rings. The summed E-state index contributed by atoms with van der Waals surface area (Å²) in [6.45, 7) is 5.16. The van der Waals surface area contributed by atoms with Gasteiger partial charge in [0.15, 0.2) is 5.82 Å². The lowest BCUT2D eigenvalue weighted by molar-refractivity contribution is 0.107. The molecule has 3 saturated heterocycles. The van der Waals surface area contributed by atoms with E-state index in [4.69, 9.17) is 25.9 Å². The third-order valence-electron chi connectivity index (χ3n) is 9.99. The topological polar surface area (TPSA) is 95.9 Å². The predicted molar refractivity (Wildman–Crippen MR) is 167 cm³/mol. The van der Waals surface area contributed by atoms with Crippen LogP contribution < -0.4 is 19.7 Å². The Balaban J connectivity index is 1.32. The van der Waals surface area contributed by atoms with Gasteiger partial charge in [0.05, 0.1) is 11.6 Å². The Kier molecular flexibility index (Phi) is 6.69. The standard InChI is InChI=1S/C34H34F2N6O3/c1-3-19-7-5-8-20-11-24(43)12-25(26(19)20)29-28(36)30-27-31(42-16-22(4-2)37-14-23(42)17-44-32(27)38-29)40-33(39-30)45-18-34-9-6-10-41(34)15-21(35)13-34/h1,5,7-8,11-12,21-23,37,43H,4,6,9-10,13-18H2,2H3/t21-,22-,23-,34-/m1/s1. The largest absolute Gasteiger partial charge is 0.508 e. The lowest BCUT2D eigenvalue weighted by Gasteiger charge is -2.39. The first-order valence-electron chi connectivity index (χ1n) is 15.7. The van der Waals surface area contributed by atoms with Gasteiger partial charge in [0.2, 0.25) is 5.88 Å². The van der Waals surface area contributed by atoms with Crippen molar-refractivity contribution in [3.05, 3.63) is 41.7 Å². The van der Waals surface area contributed by atoms with Crippen LogP contribution in [0.1, 0.15) is 38.2 Å². The molecule has 3 fully saturated rings. The number of hydrogen-bond acceptors (Lipinski definition) is 9. The first-order chi connectivity index (χ1) is 21.9. The Bertz CT molecular complexity index is 1880. The van der Waals surface area contributed by atoms with E-state index < -0.39 is 17.5 Å². The number of pyridine rings is 1. The van der Waals surface area contributed by atoms with Crippen LogP contribution in [0.5, 0.6) is 17.6 Å². The van der Waals surface area contributed by atoms with Crippen LogP contribution in [0.15, 0.2) is 30.3 Å². The van der Waals surface area contributed by atoms with Crippen LogP contribution in [0.2, 0.25) is 0 Å². The fourth-order valence-electron chi connectivity index (χ4n) is 7.75. The van der Waals surface area contributed by atoms with Crippen LogP contribution >= 0.6 is 0 Å². The van der Waals surface area contributed by atoms with E-state index in [-0.39, 0.29) is 47.5 Å². The van der Waals surface area contributed by atoms with Gasteiger partial charge in [-0.05, 0) is 49.4 Å². The Morgan fingerprint density at radius 1 is 1.22 bits per heavy atom. The first kappa shape index (κ1) is 28.2. The summed E-state index contributed by atoms with van der Waals surface area (Å²) in [5.74, 6) is 2.64. The van der Waals surface area contributed by atoms with Gasteiger partial charge < -0.3 is 24.8 Å². The van der Waals surface area contributed by atoms with Crippen molar-refractivity contribution < 1.29 is 23.4 Å². The second-order valence-electron chi connectivity index (χ2n) is 12.7. The van der Waals surface area contributed by atoms with E-state index in [0.717, 1.165) is 25.8 Å². The van der Waals surface area contributed by atoms with Gasteiger partial charge in [-0.1, -0.05) is 25.0 Å². The van der Waals surface area contributed by atoms with Crippen molar-refractivity contribution in [2.75, 3.05) is 44.3 Å². The maximum atomic E-state index is 17.0. The number of phenolic OH excluding ortho intramolecular Hbond substituents is 1. The normalized spacial score (nSPS) is 25.9. The molecule has 11 heteroatoms. The third kappa shape index (κ3) is 4.53. The van der Waals surface area contributed by atoms with Crippen LogP contribution in [0.25, 0.3) is 32.9 Å². The minimum absolute atomic E-state index is 0.00693. The molecule has 0 unspecified atom stereocenters. The van der Waals surface area contributed by atoms with Crippen molar-refractivity contribution in [1.82, 2.24) is 25.2 Å². The molecule has 0 amide bonds. The minimum atomic E-state index is -0.903. The van der Waals surface area contributed by atoms with Gasteiger partial charge >= 0.3 is 6.01 Å². The molecule has 2 aromatic carbocycles. The number of phenols is 1. The van der Waals surface area contributed by atoms with E-state index in [1.54, 1.807) is 18.2 Å². The molecule has 2 aromatic heterocycles.